The molecule has 0 aliphatic heterocycles. The molecule has 0 fully saturated rings. The fourth-order valence-electron chi connectivity index (χ4n) is 2.06. The van der Waals surface area contributed by atoms with Crippen LogP contribution in [0.1, 0.15) is 28.8 Å². The van der Waals surface area contributed by atoms with Gasteiger partial charge in [-0.25, -0.2) is 4.79 Å². The summed E-state index contributed by atoms with van der Waals surface area (Å²) in [6, 6.07) is 4.82. The molecule has 1 aliphatic carbocycles. The van der Waals surface area contributed by atoms with Gasteiger partial charge in [0.05, 0.1) is 5.56 Å². The number of amides is 1. The Balaban J connectivity index is 2.08. The van der Waals surface area contributed by atoms with E-state index in [9.17, 15) is 9.59 Å². The van der Waals surface area contributed by atoms with Gasteiger partial charge in [-0.1, -0.05) is 12.2 Å². The van der Waals surface area contributed by atoms with Crippen LogP contribution in [-0.4, -0.2) is 17.0 Å². The normalized spacial score (nSPS) is 14.7. The minimum absolute atomic E-state index is 0.00413. The number of carboxylic acid groups (broad SMARTS) is 1. The van der Waals surface area contributed by atoms with Crippen LogP contribution in [0.5, 0.6) is 0 Å². The van der Waals surface area contributed by atoms with Crippen LogP contribution in [0.3, 0.4) is 0 Å². The SMILES string of the molecule is Cc1cc(NC(=O)C2CC=CC2)ccc1C(=O)O. The Hall–Kier alpha value is -2.10. The topological polar surface area (TPSA) is 66.4 Å². The molecule has 1 aliphatic rings. The summed E-state index contributed by atoms with van der Waals surface area (Å²) in [5, 5.41) is 11.7. The highest BCUT2D eigenvalue weighted by Gasteiger charge is 2.19. The van der Waals surface area contributed by atoms with Crippen molar-refractivity contribution in [2.45, 2.75) is 19.8 Å². The van der Waals surface area contributed by atoms with Crippen molar-refractivity contribution in [1.29, 1.82) is 0 Å². The first-order chi connectivity index (χ1) is 8.58. The van der Waals surface area contributed by atoms with Crippen molar-refractivity contribution < 1.29 is 14.7 Å². The van der Waals surface area contributed by atoms with Crippen LogP contribution in [0.25, 0.3) is 0 Å². The van der Waals surface area contributed by atoms with Gasteiger partial charge in [-0.05, 0) is 43.5 Å². The molecule has 0 aromatic heterocycles. The smallest absolute Gasteiger partial charge is 0.335 e. The van der Waals surface area contributed by atoms with E-state index in [1.54, 1.807) is 19.1 Å². The Labute approximate surface area is 105 Å². The molecule has 1 aromatic rings. The number of carbonyl (C=O) groups excluding carboxylic acids is 1. The number of rotatable bonds is 3. The van der Waals surface area contributed by atoms with Gasteiger partial charge in [-0.3, -0.25) is 4.79 Å². The molecule has 2 N–H and O–H groups in total. The van der Waals surface area contributed by atoms with E-state index in [1.807, 2.05) is 12.2 Å². The van der Waals surface area contributed by atoms with Gasteiger partial charge in [0, 0.05) is 11.6 Å². The minimum atomic E-state index is -0.953. The Morgan fingerprint density at radius 1 is 1.28 bits per heavy atom. The van der Waals surface area contributed by atoms with E-state index in [0.717, 1.165) is 12.8 Å². The van der Waals surface area contributed by atoms with Crippen molar-refractivity contribution in [3.8, 4) is 0 Å². The van der Waals surface area contributed by atoms with Crippen molar-refractivity contribution in [3.05, 3.63) is 41.5 Å². The molecule has 94 valence electrons. The molecule has 0 saturated carbocycles. The second-order valence-electron chi connectivity index (χ2n) is 4.46. The molecule has 1 aromatic carbocycles. The average Bonchev–Trinajstić information content (AvgIpc) is 2.81. The maximum Gasteiger partial charge on any atom is 0.335 e. The van der Waals surface area contributed by atoms with E-state index in [4.69, 9.17) is 5.11 Å². The molecule has 0 saturated heterocycles. The van der Waals surface area contributed by atoms with Crippen LogP contribution >= 0.6 is 0 Å². The van der Waals surface area contributed by atoms with Gasteiger partial charge in [0.15, 0.2) is 0 Å². The summed E-state index contributed by atoms with van der Waals surface area (Å²) in [6.07, 6.45) is 5.56. The molecule has 0 radical (unpaired) electrons. The third-order valence-electron chi connectivity index (χ3n) is 3.10. The number of carbonyl (C=O) groups is 2. The quantitative estimate of drug-likeness (QED) is 0.804. The van der Waals surface area contributed by atoms with Crippen molar-refractivity contribution >= 4 is 17.6 Å². The molecule has 0 heterocycles. The number of carboxylic acids is 1. The molecule has 0 spiro atoms. The fourth-order valence-corrected chi connectivity index (χ4v) is 2.06. The Morgan fingerprint density at radius 2 is 1.94 bits per heavy atom. The molecular formula is C14H15NO3. The lowest BCUT2D eigenvalue weighted by atomic mass is 10.1. The number of nitrogens with one attached hydrogen (secondary N) is 1. The summed E-state index contributed by atoms with van der Waals surface area (Å²) in [7, 11) is 0. The second-order valence-corrected chi connectivity index (χ2v) is 4.46. The van der Waals surface area contributed by atoms with Crippen molar-refractivity contribution in [2.24, 2.45) is 5.92 Å². The molecule has 0 bridgehead atoms. The van der Waals surface area contributed by atoms with Crippen molar-refractivity contribution in [1.82, 2.24) is 0 Å². The Morgan fingerprint density at radius 3 is 2.50 bits per heavy atom. The van der Waals surface area contributed by atoms with Gasteiger partial charge >= 0.3 is 5.97 Å². The average molecular weight is 245 g/mol. The standard InChI is InChI=1S/C14H15NO3/c1-9-8-11(6-7-12(9)14(17)18)15-13(16)10-4-2-3-5-10/h2-3,6-8,10H,4-5H2,1H3,(H,15,16)(H,17,18). The zero-order valence-electron chi connectivity index (χ0n) is 10.1. The van der Waals surface area contributed by atoms with E-state index < -0.39 is 5.97 Å². The zero-order chi connectivity index (χ0) is 13.1. The van der Waals surface area contributed by atoms with E-state index >= 15 is 0 Å². The van der Waals surface area contributed by atoms with Crippen LogP contribution in [0, 0.1) is 12.8 Å². The first-order valence-electron chi connectivity index (χ1n) is 5.87. The summed E-state index contributed by atoms with van der Waals surface area (Å²) >= 11 is 0. The summed E-state index contributed by atoms with van der Waals surface area (Å²) in [6.45, 7) is 1.72. The number of aryl methyl sites for hydroxylation is 1. The van der Waals surface area contributed by atoms with Crippen LogP contribution in [0.4, 0.5) is 5.69 Å². The highest BCUT2D eigenvalue weighted by atomic mass is 16.4. The number of hydrogen-bond donors (Lipinski definition) is 2. The van der Waals surface area contributed by atoms with Crippen molar-refractivity contribution in [3.63, 3.8) is 0 Å². The monoisotopic (exact) mass is 245 g/mol. The lowest BCUT2D eigenvalue weighted by molar-refractivity contribution is -0.119. The Bertz CT molecular complexity index is 512. The van der Waals surface area contributed by atoms with E-state index in [1.165, 1.54) is 6.07 Å². The molecule has 0 unspecified atom stereocenters. The third kappa shape index (κ3) is 2.59. The lowest BCUT2D eigenvalue weighted by Gasteiger charge is -2.11. The predicted molar refractivity (Wildman–Crippen MR) is 68.6 cm³/mol. The number of allylic oxidation sites excluding steroid dienone is 2. The van der Waals surface area contributed by atoms with Gasteiger partial charge in [0.2, 0.25) is 5.91 Å². The number of anilines is 1. The number of hydrogen-bond acceptors (Lipinski definition) is 2. The molecule has 0 atom stereocenters. The van der Waals surface area contributed by atoms with E-state index in [2.05, 4.69) is 5.32 Å². The maximum atomic E-state index is 11.9. The van der Waals surface area contributed by atoms with Crippen LogP contribution in [-0.2, 0) is 4.79 Å². The number of aromatic carboxylic acids is 1. The zero-order valence-corrected chi connectivity index (χ0v) is 10.1. The van der Waals surface area contributed by atoms with Crippen LogP contribution < -0.4 is 5.32 Å². The van der Waals surface area contributed by atoms with Crippen LogP contribution in [0.2, 0.25) is 0 Å². The highest BCUT2D eigenvalue weighted by Crippen LogP contribution is 2.21. The third-order valence-corrected chi connectivity index (χ3v) is 3.10. The van der Waals surface area contributed by atoms with Gasteiger partial charge in [-0.15, -0.1) is 0 Å². The molecule has 1 amide bonds. The fraction of sp³-hybridized carbons (Fsp3) is 0.286. The van der Waals surface area contributed by atoms with Gasteiger partial charge in [0.25, 0.3) is 0 Å². The second kappa shape index (κ2) is 5.04. The summed E-state index contributed by atoms with van der Waals surface area (Å²) in [5.41, 5.74) is 1.55. The Kier molecular flexibility index (Phi) is 3.46. The number of benzene rings is 1. The highest BCUT2D eigenvalue weighted by molar-refractivity contribution is 5.94. The van der Waals surface area contributed by atoms with Gasteiger partial charge in [-0.2, -0.15) is 0 Å². The first-order valence-corrected chi connectivity index (χ1v) is 5.87. The molecular weight excluding hydrogens is 230 g/mol. The van der Waals surface area contributed by atoms with E-state index in [0.29, 0.717) is 11.3 Å². The predicted octanol–water partition coefficient (Wildman–Crippen LogP) is 2.60. The molecule has 2 rings (SSSR count). The molecule has 4 heteroatoms. The lowest BCUT2D eigenvalue weighted by Crippen LogP contribution is -2.20. The molecule has 18 heavy (non-hydrogen) atoms. The summed E-state index contributed by atoms with van der Waals surface area (Å²) in [5.74, 6) is -0.961. The van der Waals surface area contributed by atoms with Gasteiger partial charge in [0.1, 0.15) is 0 Å². The summed E-state index contributed by atoms with van der Waals surface area (Å²) < 4.78 is 0. The summed E-state index contributed by atoms with van der Waals surface area (Å²) in [4.78, 5) is 22.7. The van der Waals surface area contributed by atoms with Crippen LogP contribution in [0.15, 0.2) is 30.4 Å². The van der Waals surface area contributed by atoms with Gasteiger partial charge < -0.3 is 10.4 Å². The minimum Gasteiger partial charge on any atom is -0.478 e. The molecule has 4 nitrogen and oxygen atoms in total. The van der Waals surface area contributed by atoms with Crippen molar-refractivity contribution in [2.75, 3.05) is 5.32 Å². The van der Waals surface area contributed by atoms with E-state index in [-0.39, 0.29) is 17.4 Å². The maximum absolute atomic E-state index is 11.9. The first kappa shape index (κ1) is 12.4. The largest absolute Gasteiger partial charge is 0.478 e.